The summed E-state index contributed by atoms with van der Waals surface area (Å²) in [6.07, 6.45) is 4.15. The van der Waals surface area contributed by atoms with E-state index in [1.807, 2.05) is 6.07 Å². The largest absolute Gasteiger partial charge is 0.475 e. The van der Waals surface area contributed by atoms with E-state index in [0.29, 0.717) is 19.1 Å². The van der Waals surface area contributed by atoms with Gasteiger partial charge in [0, 0.05) is 18.4 Å². The molecule has 4 heteroatoms. The molecule has 1 N–H and O–H groups in total. The average molecular weight is 267 g/mol. The predicted molar refractivity (Wildman–Crippen MR) is 75.4 cm³/mol. The smallest absolute Gasteiger partial charge is 0.213 e. The predicted octanol–water partition coefficient (Wildman–Crippen LogP) is 2.72. The Bertz CT molecular complexity index is 355. The first-order valence-corrected chi connectivity index (χ1v) is 7.11. The van der Waals surface area contributed by atoms with Gasteiger partial charge in [0.05, 0.1) is 13.2 Å². The van der Waals surface area contributed by atoms with Crippen LogP contribution in [0.1, 0.15) is 44.4 Å². The minimum atomic E-state index is 0.0165. The quantitative estimate of drug-likeness (QED) is 0.662. The van der Waals surface area contributed by atoms with Crippen molar-refractivity contribution in [1.29, 1.82) is 0 Å². The standard InChI is InChI=1S/C15H25NO3/c1-3-5-7-18-8-9-19-15-11-13(12-17)10-14(16-15)6-4-2/h10-11,17H,3-9,12H2,1-2H3. The molecule has 0 bridgehead atoms. The molecular weight excluding hydrogens is 242 g/mol. The first-order chi connectivity index (χ1) is 9.30. The van der Waals surface area contributed by atoms with Crippen molar-refractivity contribution in [2.45, 2.75) is 46.1 Å². The van der Waals surface area contributed by atoms with Crippen LogP contribution in [0.5, 0.6) is 5.88 Å². The second kappa shape index (κ2) is 9.75. The Balaban J connectivity index is 2.41. The summed E-state index contributed by atoms with van der Waals surface area (Å²) in [6.45, 7) is 6.12. The van der Waals surface area contributed by atoms with Crippen LogP contribution >= 0.6 is 0 Å². The molecule has 0 aromatic carbocycles. The van der Waals surface area contributed by atoms with Gasteiger partial charge in [-0.1, -0.05) is 26.7 Å². The fraction of sp³-hybridized carbons (Fsp3) is 0.667. The molecule has 4 nitrogen and oxygen atoms in total. The maximum Gasteiger partial charge on any atom is 0.213 e. The Labute approximate surface area is 115 Å². The molecule has 108 valence electrons. The fourth-order valence-corrected chi connectivity index (χ4v) is 1.72. The van der Waals surface area contributed by atoms with Crippen molar-refractivity contribution in [1.82, 2.24) is 4.98 Å². The van der Waals surface area contributed by atoms with Gasteiger partial charge in [-0.05, 0) is 24.5 Å². The molecule has 0 unspecified atom stereocenters. The Hall–Kier alpha value is -1.13. The van der Waals surface area contributed by atoms with Crippen LogP contribution in [0.3, 0.4) is 0 Å². The Morgan fingerprint density at radius 2 is 1.95 bits per heavy atom. The molecule has 0 atom stereocenters. The number of ether oxygens (including phenoxy) is 2. The molecule has 19 heavy (non-hydrogen) atoms. The van der Waals surface area contributed by atoms with Crippen LogP contribution in [-0.2, 0) is 17.8 Å². The summed E-state index contributed by atoms with van der Waals surface area (Å²) >= 11 is 0. The molecule has 0 saturated heterocycles. The van der Waals surface area contributed by atoms with Gasteiger partial charge in [0.25, 0.3) is 0 Å². The van der Waals surface area contributed by atoms with E-state index in [1.165, 1.54) is 0 Å². The summed E-state index contributed by atoms with van der Waals surface area (Å²) in [5, 5.41) is 9.22. The van der Waals surface area contributed by atoms with Crippen LogP contribution in [0, 0.1) is 0 Å². The first-order valence-electron chi connectivity index (χ1n) is 7.11. The number of aliphatic hydroxyl groups is 1. The summed E-state index contributed by atoms with van der Waals surface area (Å²) in [5.74, 6) is 0.578. The molecular formula is C15H25NO3. The number of nitrogens with zero attached hydrogens (tertiary/aromatic N) is 1. The number of aliphatic hydroxyl groups excluding tert-OH is 1. The summed E-state index contributed by atoms with van der Waals surface area (Å²) in [5.41, 5.74) is 1.82. The third-order valence-electron chi connectivity index (χ3n) is 2.72. The number of hydrogen-bond donors (Lipinski definition) is 1. The van der Waals surface area contributed by atoms with Gasteiger partial charge in [-0.2, -0.15) is 0 Å². The maximum absolute atomic E-state index is 9.22. The topological polar surface area (TPSA) is 51.6 Å². The van der Waals surface area contributed by atoms with Crippen LogP contribution < -0.4 is 4.74 Å². The van der Waals surface area contributed by atoms with Crippen LogP contribution in [0.15, 0.2) is 12.1 Å². The van der Waals surface area contributed by atoms with Crippen molar-refractivity contribution >= 4 is 0 Å². The summed E-state index contributed by atoms with van der Waals surface area (Å²) in [7, 11) is 0. The molecule has 1 rings (SSSR count). The molecule has 0 fully saturated rings. The number of pyridine rings is 1. The van der Waals surface area contributed by atoms with E-state index in [9.17, 15) is 5.11 Å². The lowest BCUT2D eigenvalue weighted by Gasteiger charge is -2.09. The molecule has 0 saturated carbocycles. The van der Waals surface area contributed by atoms with Crippen molar-refractivity contribution < 1.29 is 14.6 Å². The zero-order chi connectivity index (χ0) is 13.9. The highest BCUT2D eigenvalue weighted by Crippen LogP contribution is 2.14. The van der Waals surface area contributed by atoms with E-state index < -0.39 is 0 Å². The van der Waals surface area contributed by atoms with Gasteiger partial charge in [0.1, 0.15) is 6.61 Å². The summed E-state index contributed by atoms with van der Waals surface area (Å²) in [4.78, 5) is 4.42. The molecule has 0 amide bonds. The second-order valence-corrected chi connectivity index (χ2v) is 4.53. The van der Waals surface area contributed by atoms with E-state index in [2.05, 4.69) is 18.8 Å². The Kier molecular flexibility index (Phi) is 8.18. The van der Waals surface area contributed by atoms with Crippen LogP contribution in [0.4, 0.5) is 0 Å². The Morgan fingerprint density at radius 3 is 2.63 bits per heavy atom. The lowest BCUT2D eigenvalue weighted by molar-refractivity contribution is 0.0963. The van der Waals surface area contributed by atoms with Crippen LogP contribution in [-0.4, -0.2) is 29.9 Å². The second-order valence-electron chi connectivity index (χ2n) is 4.53. The van der Waals surface area contributed by atoms with E-state index in [-0.39, 0.29) is 6.61 Å². The van der Waals surface area contributed by atoms with Gasteiger partial charge in [-0.25, -0.2) is 4.98 Å². The highest BCUT2D eigenvalue weighted by molar-refractivity contribution is 5.24. The average Bonchev–Trinajstić information content (AvgIpc) is 2.43. The number of rotatable bonds is 10. The van der Waals surface area contributed by atoms with Gasteiger partial charge >= 0.3 is 0 Å². The Morgan fingerprint density at radius 1 is 1.11 bits per heavy atom. The zero-order valence-corrected chi connectivity index (χ0v) is 12.0. The van der Waals surface area contributed by atoms with Crippen LogP contribution in [0.2, 0.25) is 0 Å². The molecule has 1 aromatic rings. The maximum atomic E-state index is 9.22. The first kappa shape index (κ1) is 15.9. The third-order valence-corrected chi connectivity index (χ3v) is 2.72. The molecule has 0 radical (unpaired) electrons. The van der Waals surface area contributed by atoms with Crippen molar-refractivity contribution in [3.63, 3.8) is 0 Å². The lowest BCUT2D eigenvalue weighted by Crippen LogP contribution is -2.09. The van der Waals surface area contributed by atoms with Gasteiger partial charge in [-0.3, -0.25) is 0 Å². The fourth-order valence-electron chi connectivity index (χ4n) is 1.72. The van der Waals surface area contributed by atoms with Crippen LogP contribution in [0.25, 0.3) is 0 Å². The number of aryl methyl sites for hydroxylation is 1. The highest BCUT2D eigenvalue weighted by Gasteiger charge is 2.03. The van der Waals surface area contributed by atoms with Crippen molar-refractivity contribution in [2.75, 3.05) is 19.8 Å². The van der Waals surface area contributed by atoms with Crippen molar-refractivity contribution in [3.8, 4) is 5.88 Å². The summed E-state index contributed by atoms with van der Waals surface area (Å²) < 4.78 is 11.0. The van der Waals surface area contributed by atoms with Gasteiger partial charge in [0.2, 0.25) is 5.88 Å². The monoisotopic (exact) mass is 267 g/mol. The molecule has 0 aliphatic heterocycles. The normalized spacial score (nSPS) is 10.7. The lowest BCUT2D eigenvalue weighted by atomic mass is 10.2. The minimum absolute atomic E-state index is 0.0165. The third kappa shape index (κ3) is 6.55. The van der Waals surface area contributed by atoms with Crippen molar-refractivity contribution in [2.24, 2.45) is 0 Å². The highest BCUT2D eigenvalue weighted by atomic mass is 16.5. The molecule has 1 aromatic heterocycles. The number of hydrogen-bond acceptors (Lipinski definition) is 4. The van der Waals surface area contributed by atoms with Gasteiger partial charge in [0.15, 0.2) is 0 Å². The van der Waals surface area contributed by atoms with Gasteiger partial charge in [-0.15, -0.1) is 0 Å². The van der Waals surface area contributed by atoms with Gasteiger partial charge < -0.3 is 14.6 Å². The molecule has 0 aliphatic carbocycles. The van der Waals surface area contributed by atoms with E-state index in [1.54, 1.807) is 6.07 Å². The summed E-state index contributed by atoms with van der Waals surface area (Å²) in [6, 6.07) is 3.71. The van der Waals surface area contributed by atoms with E-state index in [4.69, 9.17) is 9.47 Å². The number of unbranched alkanes of at least 4 members (excludes halogenated alkanes) is 1. The minimum Gasteiger partial charge on any atom is -0.475 e. The molecule has 0 spiro atoms. The van der Waals surface area contributed by atoms with Crippen molar-refractivity contribution in [3.05, 3.63) is 23.4 Å². The SMILES string of the molecule is CCCCOCCOc1cc(CO)cc(CCC)n1. The molecule has 1 heterocycles. The van der Waals surface area contributed by atoms with E-state index >= 15 is 0 Å². The van der Waals surface area contributed by atoms with E-state index in [0.717, 1.165) is 43.5 Å². The molecule has 0 aliphatic rings. The zero-order valence-electron chi connectivity index (χ0n) is 12.0. The number of aromatic nitrogens is 1.